The molecule has 0 aliphatic heterocycles. The molecule has 19 heavy (non-hydrogen) atoms. The molecule has 0 aliphatic rings. The molecule has 0 saturated heterocycles. The van der Waals surface area contributed by atoms with Crippen LogP contribution >= 0.6 is 0 Å². The minimum absolute atomic E-state index is 0.0705. The number of carbonyl (C=O) groups is 2. The number of nitrogens with zero attached hydrogens (tertiary/aromatic N) is 1. The maximum absolute atomic E-state index is 11.4. The molecule has 0 bridgehead atoms. The lowest BCUT2D eigenvalue weighted by molar-refractivity contribution is -0.143. The molecule has 1 rings (SSSR count). The second-order valence-corrected chi connectivity index (χ2v) is 4.01. The molecular weight excluding hydrogens is 248 g/mol. The van der Waals surface area contributed by atoms with Crippen LogP contribution in [0.2, 0.25) is 0 Å². The van der Waals surface area contributed by atoms with Gasteiger partial charge in [0.25, 0.3) is 0 Å². The highest BCUT2D eigenvalue weighted by Gasteiger charge is 2.07. The molecule has 0 unspecified atom stereocenters. The summed E-state index contributed by atoms with van der Waals surface area (Å²) < 4.78 is 9.76. The van der Waals surface area contributed by atoms with Gasteiger partial charge in [-0.2, -0.15) is 0 Å². The highest BCUT2D eigenvalue weighted by atomic mass is 16.5. The third-order valence-electron chi connectivity index (χ3n) is 2.29. The summed E-state index contributed by atoms with van der Waals surface area (Å²) in [6.45, 7) is 5.89. The first-order valence-electron chi connectivity index (χ1n) is 6.07. The smallest absolute Gasteiger partial charge is 0.306 e. The number of ether oxygens (including phenoxy) is 1. The van der Waals surface area contributed by atoms with Crippen molar-refractivity contribution in [1.82, 2.24) is 10.5 Å². The molecule has 1 heterocycles. The summed E-state index contributed by atoms with van der Waals surface area (Å²) in [5.74, 6) is 0.135. The number of hydrogen-bond acceptors (Lipinski definition) is 5. The SMILES string of the molecule is C=CCOC(=O)CCC(=O)NCCc1cc(C)no1. The van der Waals surface area contributed by atoms with Crippen LogP contribution < -0.4 is 5.32 Å². The van der Waals surface area contributed by atoms with Crippen LogP contribution in [0.4, 0.5) is 0 Å². The van der Waals surface area contributed by atoms with Gasteiger partial charge >= 0.3 is 5.97 Å². The molecule has 1 aromatic heterocycles. The van der Waals surface area contributed by atoms with E-state index in [1.165, 1.54) is 6.08 Å². The van der Waals surface area contributed by atoms with Gasteiger partial charge in [0.2, 0.25) is 5.91 Å². The van der Waals surface area contributed by atoms with Crippen molar-refractivity contribution < 1.29 is 18.8 Å². The van der Waals surface area contributed by atoms with E-state index < -0.39 is 5.97 Å². The van der Waals surface area contributed by atoms with Crippen LogP contribution in [-0.2, 0) is 20.7 Å². The van der Waals surface area contributed by atoms with Crippen molar-refractivity contribution >= 4 is 11.9 Å². The highest BCUT2D eigenvalue weighted by Crippen LogP contribution is 2.02. The number of carbonyl (C=O) groups excluding carboxylic acids is 2. The normalized spacial score (nSPS) is 9.95. The average molecular weight is 266 g/mol. The van der Waals surface area contributed by atoms with E-state index in [0.717, 1.165) is 11.5 Å². The lowest BCUT2D eigenvalue weighted by atomic mass is 10.2. The van der Waals surface area contributed by atoms with E-state index in [1.807, 2.05) is 13.0 Å². The Bertz CT molecular complexity index is 440. The van der Waals surface area contributed by atoms with E-state index in [0.29, 0.717) is 13.0 Å². The zero-order valence-corrected chi connectivity index (χ0v) is 11.0. The van der Waals surface area contributed by atoms with Gasteiger partial charge in [0.05, 0.1) is 12.1 Å². The third-order valence-corrected chi connectivity index (χ3v) is 2.29. The summed E-state index contributed by atoms with van der Waals surface area (Å²) in [5.41, 5.74) is 0.811. The molecule has 6 nitrogen and oxygen atoms in total. The van der Waals surface area contributed by atoms with Gasteiger partial charge in [0, 0.05) is 25.5 Å². The number of aromatic nitrogens is 1. The quantitative estimate of drug-likeness (QED) is 0.564. The van der Waals surface area contributed by atoms with Gasteiger partial charge < -0.3 is 14.6 Å². The Balaban J connectivity index is 2.11. The maximum atomic E-state index is 11.4. The lowest BCUT2D eigenvalue weighted by Gasteiger charge is -2.03. The molecular formula is C13H18N2O4. The van der Waals surface area contributed by atoms with Crippen molar-refractivity contribution in [3.63, 3.8) is 0 Å². The van der Waals surface area contributed by atoms with Crippen molar-refractivity contribution in [3.8, 4) is 0 Å². The Morgan fingerprint density at radius 3 is 2.95 bits per heavy atom. The van der Waals surface area contributed by atoms with Crippen LogP contribution in [-0.4, -0.2) is 30.2 Å². The summed E-state index contributed by atoms with van der Waals surface area (Å²) in [4.78, 5) is 22.6. The van der Waals surface area contributed by atoms with E-state index in [9.17, 15) is 9.59 Å². The van der Waals surface area contributed by atoms with Crippen LogP contribution in [0.3, 0.4) is 0 Å². The van der Waals surface area contributed by atoms with Gasteiger partial charge in [0.15, 0.2) is 0 Å². The summed E-state index contributed by atoms with van der Waals surface area (Å²) in [7, 11) is 0. The van der Waals surface area contributed by atoms with Crippen LogP contribution in [0.1, 0.15) is 24.3 Å². The van der Waals surface area contributed by atoms with Gasteiger partial charge in [0.1, 0.15) is 12.4 Å². The summed E-state index contributed by atoms with van der Waals surface area (Å²) in [6, 6.07) is 1.82. The van der Waals surface area contributed by atoms with Gasteiger partial charge in [-0.3, -0.25) is 9.59 Å². The number of nitrogens with one attached hydrogen (secondary N) is 1. The first-order valence-corrected chi connectivity index (χ1v) is 6.07. The monoisotopic (exact) mass is 266 g/mol. The molecule has 104 valence electrons. The van der Waals surface area contributed by atoms with E-state index in [4.69, 9.17) is 9.26 Å². The number of aryl methyl sites for hydroxylation is 1. The molecule has 0 aliphatic carbocycles. The van der Waals surface area contributed by atoms with Gasteiger partial charge in [-0.05, 0) is 6.92 Å². The Morgan fingerprint density at radius 1 is 1.53 bits per heavy atom. The van der Waals surface area contributed by atoms with Crippen molar-refractivity contribution in [2.24, 2.45) is 0 Å². The zero-order chi connectivity index (χ0) is 14.1. The largest absolute Gasteiger partial charge is 0.461 e. The standard InChI is InChI=1S/C13H18N2O4/c1-3-8-18-13(17)5-4-12(16)14-7-6-11-9-10(2)15-19-11/h3,9H,1,4-8H2,2H3,(H,14,16). The average Bonchev–Trinajstić information content (AvgIpc) is 2.79. The Kier molecular flexibility index (Phi) is 6.35. The van der Waals surface area contributed by atoms with Gasteiger partial charge in [-0.25, -0.2) is 0 Å². The molecule has 0 radical (unpaired) electrons. The molecule has 0 atom stereocenters. The third kappa shape index (κ3) is 6.40. The van der Waals surface area contributed by atoms with Crippen molar-refractivity contribution in [1.29, 1.82) is 0 Å². The number of rotatable bonds is 8. The van der Waals surface area contributed by atoms with E-state index >= 15 is 0 Å². The van der Waals surface area contributed by atoms with Crippen LogP contribution in [0.25, 0.3) is 0 Å². The topological polar surface area (TPSA) is 81.4 Å². The predicted molar refractivity (Wildman–Crippen MR) is 68.3 cm³/mol. The molecule has 6 heteroatoms. The minimum atomic E-state index is -0.402. The second-order valence-electron chi connectivity index (χ2n) is 4.01. The maximum Gasteiger partial charge on any atom is 0.306 e. The fourth-order valence-corrected chi connectivity index (χ4v) is 1.39. The second kappa shape index (κ2) is 8.07. The van der Waals surface area contributed by atoms with Gasteiger partial charge in [-0.15, -0.1) is 0 Å². The first-order chi connectivity index (χ1) is 9.11. The molecule has 1 amide bonds. The van der Waals surface area contributed by atoms with Crippen molar-refractivity contribution in [2.75, 3.05) is 13.2 Å². The van der Waals surface area contributed by atoms with Crippen molar-refractivity contribution in [3.05, 3.63) is 30.2 Å². The highest BCUT2D eigenvalue weighted by molar-refractivity contribution is 5.81. The lowest BCUT2D eigenvalue weighted by Crippen LogP contribution is -2.26. The van der Waals surface area contributed by atoms with E-state index in [1.54, 1.807) is 0 Å². The Labute approximate surface area is 111 Å². The number of hydrogen-bond donors (Lipinski definition) is 1. The summed E-state index contributed by atoms with van der Waals surface area (Å²) >= 11 is 0. The number of esters is 1. The molecule has 1 N–H and O–H groups in total. The Hall–Kier alpha value is -2.11. The molecule has 0 saturated carbocycles. The van der Waals surface area contributed by atoms with Crippen LogP contribution in [0.5, 0.6) is 0 Å². The van der Waals surface area contributed by atoms with Crippen LogP contribution in [0, 0.1) is 6.92 Å². The molecule has 0 aromatic carbocycles. The summed E-state index contributed by atoms with van der Waals surface area (Å²) in [5, 5.41) is 6.44. The fourth-order valence-electron chi connectivity index (χ4n) is 1.39. The fraction of sp³-hybridized carbons (Fsp3) is 0.462. The Morgan fingerprint density at radius 2 is 2.32 bits per heavy atom. The first kappa shape index (κ1) is 14.9. The zero-order valence-electron chi connectivity index (χ0n) is 11.0. The van der Waals surface area contributed by atoms with E-state index in [2.05, 4.69) is 17.1 Å². The summed E-state index contributed by atoms with van der Waals surface area (Å²) in [6.07, 6.45) is 2.25. The molecule has 1 aromatic rings. The van der Waals surface area contributed by atoms with Crippen molar-refractivity contribution in [2.45, 2.75) is 26.2 Å². The van der Waals surface area contributed by atoms with E-state index in [-0.39, 0.29) is 25.4 Å². The minimum Gasteiger partial charge on any atom is -0.461 e. The number of amides is 1. The van der Waals surface area contributed by atoms with Gasteiger partial charge in [-0.1, -0.05) is 17.8 Å². The molecule has 0 fully saturated rings. The predicted octanol–water partition coefficient (Wildman–Crippen LogP) is 1.15. The van der Waals surface area contributed by atoms with Crippen LogP contribution in [0.15, 0.2) is 23.2 Å². The molecule has 0 spiro atoms.